The molecule has 7 heteroatoms. The van der Waals surface area contributed by atoms with E-state index < -0.39 is 0 Å². The monoisotopic (exact) mass is 380 g/mol. The lowest BCUT2D eigenvalue weighted by Gasteiger charge is -2.00. The maximum absolute atomic E-state index is 12.1. The summed E-state index contributed by atoms with van der Waals surface area (Å²) in [7, 11) is 1.61. The summed E-state index contributed by atoms with van der Waals surface area (Å²) >= 11 is 1.36. The summed E-state index contributed by atoms with van der Waals surface area (Å²) in [6.07, 6.45) is 3.20. The third-order valence-corrected chi connectivity index (χ3v) is 4.68. The summed E-state index contributed by atoms with van der Waals surface area (Å²) in [5, 5.41) is 5.20. The van der Waals surface area contributed by atoms with Crippen LogP contribution in [-0.2, 0) is 4.79 Å². The quantitative estimate of drug-likeness (QED) is 0.672. The first-order chi connectivity index (χ1) is 13.2. The van der Waals surface area contributed by atoms with E-state index in [2.05, 4.69) is 10.3 Å². The molecular weight excluding hydrogens is 364 g/mol. The highest BCUT2D eigenvalue weighted by Gasteiger charge is 2.15. The molecule has 0 fully saturated rings. The van der Waals surface area contributed by atoms with Crippen molar-refractivity contribution in [1.82, 2.24) is 4.98 Å². The Labute approximate surface area is 160 Å². The Morgan fingerprint density at radius 2 is 2.11 bits per heavy atom. The molecule has 0 radical (unpaired) electrons. The number of carbonyl (C=O) groups is 1. The van der Waals surface area contributed by atoms with Crippen molar-refractivity contribution in [2.45, 2.75) is 0 Å². The van der Waals surface area contributed by atoms with Gasteiger partial charge in [-0.1, -0.05) is 12.1 Å². The van der Waals surface area contributed by atoms with Crippen LogP contribution in [0.3, 0.4) is 0 Å². The maximum atomic E-state index is 12.1. The van der Waals surface area contributed by atoms with E-state index in [4.69, 9.17) is 14.2 Å². The molecule has 1 aliphatic heterocycles. The van der Waals surface area contributed by atoms with Gasteiger partial charge in [0, 0.05) is 17.0 Å². The van der Waals surface area contributed by atoms with Crippen molar-refractivity contribution in [3.05, 3.63) is 59.5 Å². The smallest absolute Gasteiger partial charge is 0.250 e. The standard InChI is InChI=1S/C20H16N2O4S/c1-24-15-4-2-3-13(9-15)5-8-19(23)22-20-21-16(11-27-20)14-6-7-17-18(10-14)26-12-25-17/h2-11H,12H2,1H3,(H,21,22,23)/b8-5+. The van der Waals surface area contributed by atoms with Gasteiger partial charge >= 0.3 is 0 Å². The lowest BCUT2D eigenvalue weighted by atomic mass is 10.1. The van der Waals surface area contributed by atoms with Gasteiger partial charge in [0.05, 0.1) is 12.8 Å². The number of aromatic nitrogens is 1. The number of hydrogen-bond donors (Lipinski definition) is 1. The molecule has 1 amide bonds. The highest BCUT2D eigenvalue weighted by molar-refractivity contribution is 7.14. The molecule has 0 unspecified atom stereocenters. The number of methoxy groups -OCH3 is 1. The molecule has 2 heterocycles. The summed E-state index contributed by atoms with van der Waals surface area (Å²) < 4.78 is 15.9. The number of benzene rings is 2. The summed E-state index contributed by atoms with van der Waals surface area (Å²) in [5.41, 5.74) is 2.55. The molecule has 1 aliphatic rings. The van der Waals surface area contributed by atoms with Crippen molar-refractivity contribution < 1.29 is 19.0 Å². The van der Waals surface area contributed by atoms with Gasteiger partial charge in [-0.25, -0.2) is 4.98 Å². The Balaban J connectivity index is 1.43. The van der Waals surface area contributed by atoms with Gasteiger partial charge < -0.3 is 14.2 Å². The fourth-order valence-corrected chi connectivity index (χ4v) is 3.31. The zero-order valence-electron chi connectivity index (χ0n) is 14.5. The molecule has 4 rings (SSSR count). The molecule has 0 bridgehead atoms. The van der Waals surface area contributed by atoms with Crippen molar-refractivity contribution in [1.29, 1.82) is 0 Å². The van der Waals surface area contributed by atoms with Crippen LogP contribution >= 0.6 is 11.3 Å². The first kappa shape index (κ1) is 17.1. The summed E-state index contributed by atoms with van der Waals surface area (Å²) in [5.74, 6) is 1.92. The van der Waals surface area contributed by atoms with E-state index in [0.29, 0.717) is 10.9 Å². The lowest BCUT2D eigenvalue weighted by molar-refractivity contribution is -0.111. The summed E-state index contributed by atoms with van der Waals surface area (Å²) in [4.78, 5) is 16.6. The molecule has 1 aromatic heterocycles. The number of amides is 1. The number of carbonyl (C=O) groups excluding carboxylic acids is 1. The third-order valence-electron chi connectivity index (χ3n) is 3.92. The van der Waals surface area contributed by atoms with Gasteiger partial charge in [-0.15, -0.1) is 11.3 Å². The Kier molecular flexibility index (Phi) is 4.76. The Hall–Kier alpha value is -3.32. The van der Waals surface area contributed by atoms with Crippen LogP contribution in [0.15, 0.2) is 53.9 Å². The van der Waals surface area contributed by atoms with Gasteiger partial charge in [0.25, 0.3) is 0 Å². The number of nitrogens with one attached hydrogen (secondary N) is 1. The fraction of sp³-hybridized carbons (Fsp3) is 0.100. The van der Waals surface area contributed by atoms with Crippen LogP contribution < -0.4 is 19.5 Å². The van der Waals surface area contributed by atoms with Crippen molar-refractivity contribution in [3.8, 4) is 28.5 Å². The fourth-order valence-electron chi connectivity index (χ4n) is 2.58. The minimum atomic E-state index is -0.246. The van der Waals surface area contributed by atoms with E-state index in [9.17, 15) is 4.79 Å². The van der Waals surface area contributed by atoms with Crippen molar-refractivity contribution in [2.75, 3.05) is 19.2 Å². The van der Waals surface area contributed by atoms with Gasteiger partial charge in [-0.05, 0) is 42.0 Å². The normalized spacial score (nSPS) is 12.3. The van der Waals surface area contributed by atoms with Crippen molar-refractivity contribution >= 4 is 28.5 Å². The highest BCUT2D eigenvalue weighted by Crippen LogP contribution is 2.36. The molecule has 6 nitrogen and oxygen atoms in total. The van der Waals surface area contributed by atoms with Gasteiger partial charge in [0.15, 0.2) is 16.6 Å². The van der Waals surface area contributed by atoms with E-state index in [0.717, 1.165) is 28.3 Å². The van der Waals surface area contributed by atoms with Gasteiger partial charge in [0.2, 0.25) is 12.7 Å². The third kappa shape index (κ3) is 3.93. The van der Waals surface area contributed by atoms with Crippen LogP contribution in [-0.4, -0.2) is 24.8 Å². The Bertz CT molecular complexity index is 1010. The van der Waals surface area contributed by atoms with Gasteiger partial charge in [-0.2, -0.15) is 0 Å². The molecule has 136 valence electrons. The van der Waals surface area contributed by atoms with Gasteiger partial charge in [0.1, 0.15) is 5.75 Å². The summed E-state index contributed by atoms with van der Waals surface area (Å²) in [6.45, 7) is 0.233. The topological polar surface area (TPSA) is 69.7 Å². The highest BCUT2D eigenvalue weighted by atomic mass is 32.1. The minimum Gasteiger partial charge on any atom is -0.497 e. The molecule has 2 aromatic carbocycles. The van der Waals surface area contributed by atoms with E-state index in [-0.39, 0.29) is 12.7 Å². The van der Waals surface area contributed by atoms with E-state index in [1.54, 1.807) is 13.2 Å². The molecule has 27 heavy (non-hydrogen) atoms. The molecule has 0 spiro atoms. The minimum absolute atomic E-state index is 0.233. The maximum Gasteiger partial charge on any atom is 0.250 e. The van der Waals surface area contributed by atoms with Crippen molar-refractivity contribution in [3.63, 3.8) is 0 Å². The van der Waals surface area contributed by atoms with Crippen LogP contribution in [0.5, 0.6) is 17.2 Å². The predicted molar refractivity (Wildman–Crippen MR) is 104 cm³/mol. The van der Waals surface area contributed by atoms with Gasteiger partial charge in [-0.3, -0.25) is 10.1 Å². The Morgan fingerprint density at radius 1 is 1.22 bits per heavy atom. The largest absolute Gasteiger partial charge is 0.497 e. The Morgan fingerprint density at radius 3 is 3.00 bits per heavy atom. The molecule has 0 saturated carbocycles. The van der Waals surface area contributed by atoms with E-state index >= 15 is 0 Å². The average molecular weight is 380 g/mol. The molecule has 3 aromatic rings. The number of rotatable bonds is 5. The number of anilines is 1. The number of fused-ring (bicyclic) bond motifs is 1. The molecule has 0 saturated heterocycles. The average Bonchev–Trinajstić information content (AvgIpc) is 3.35. The van der Waals surface area contributed by atoms with Crippen LogP contribution in [0.1, 0.15) is 5.56 Å². The van der Waals surface area contributed by atoms with Crippen LogP contribution in [0.2, 0.25) is 0 Å². The first-order valence-electron chi connectivity index (χ1n) is 8.20. The predicted octanol–water partition coefficient (Wildman–Crippen LogP) is 4.20. The SMILES string of the molecule is COc1cccc(/C=C/C(=O)Nc2nc(-c3ccc4c(c3)OCO4)cs2)c1. The second kappa shape index (κ2) is 7.51. The zero-order valence-corrected chi connectivity index (χ0v) is 15.3. The number of hydrogen-bond acceptors (Lipinski definition) is 6. The van der Waals surface area contributed by atoms with E-state index in [1.807, 2.05) is 47.8 Å². The number of nitrogens with zero attached hydrogens (tertiary/aromatic N) is 1. The zero-order chi connectivity index (χ0) is 18.6. The van der Waals surface area contributed by atoms with Crippen molar-refractivity contribution in [2.24, 2.45) is 0 Å². The number of thiazole rings is 1. The lowest BCUT2D eigenvalue weighted by Crippen LogP contribution is -2.07. The van der Waals surface area contributed by atoms with Crippen LogP contribution in [0.4, 0.5) is 5.13 Å². The van der Waals surface area contributed by atoms with E-state index in [1.165, 1.54) is 17.4 Å². The first-order valence-corrected chi connectivity index (χ1v) is 9.08. The molecule has 0 atom stereocenters. The molecule has 1 N–H and O–H groups in total. The number of ether oxygens (including phenoxy) is 3. The van der Waals surface area contributed by atoms with Crippen LogP contribution in [0, 0.1) is 0 Å². The van der Waals surface area contributed by atoms with Crippen LogP contribution in [0.25, 0.3) is 17.3 Å². The molecular formula is C20H16N2O4S. The second-order valence-electron chi connectivity index (χ2n) is 5.71. The summed E-state index contributed by atoms with van der Waals surface area (Å²) in [6, 6.07) is 13.1. The second-order valence-corrected chi connectivity index (χ2v) is 6.56. The molecule has 0 aliphatic carbocycles.